The van der Waals surface area contributed by atoms with E-state index in [0.29, 0.717) is 5.92 Å². The number of fused-ring (bicyclic) bond motifs is 1. The summed E-state index contributed by atoms with van der Waals surface area (Å²) < 4.78 is 0. The molecule has 0 nitrogen and oxygen atoms in total. The van der Waals surface area contributed by atoms with Crippen LogP contribution in [0.25, 0.3) is 10.8 Å². The summed E-state index contributed by atoms with van der Waals surface area (Å²) in [6.07, 6.45) is 6.75. The lowest BCUT2D eigenvalue weighted by atomic mass is 9.91. The minimum absolute atomic E-state index is 0.674. The van der Waals surface area contributed by atoms with Gasteiger partial charge in [-0.15, -0.1) is 0 Å². The maximum absolute atomic E-state index is 2.37. The van der Waals surface area contributed by atoms with Crippen molar-refractivity contribution in [1.29, 1.82) is 0 Å². The molecule has 18 heavy (non-hydrogen) atoms. The molecule has 0 radical (unpaired) electrons. The Bertz CT molecular complexity index is 479. The molecule has 0 fully saturated rings. The maximum Gasteiger partial charge on any atom is -0.0149 e. The van der Waals surface area contributed by atoms with Gasteiger partial charge in [-0.1, -0.05) is 82.0 Å². The lowest BCUT2D eigenvalue weighted by Crippen LogP contribution is -1.95. The fourth-order valence-corrected chi connectivity index (χ4v) is 2.71. The molecule has 0 heterocycles. The number of rotatable bonds is 6. The van der Waals surface area contributed by atoms with E-state index in [0.717, 1.165) is 0 Å². The second-order valence-electron chi connectivity index (χ2n) is 5.32. The molecule has 1 unspecified atom stereocenters. The van der Waals surface area contributed by atoms with E-state index in [1.807, 2.05) is 0 Å². The Kier molecular flexibility index (Phi) is 4.81. The van der Waals surface area contributed by atoms with Crippen molar-refractivity contribution in [1.82, 2.24) is 0 Å². The van der Waals surface area contributed by atoms with E-state index in [9.17, 15) is 0 Å². The Morgan fingerprint density at radius 1 is 0.889 bits per heavy atom. The normalized spacial score (nSPS) is 12.8. The summed E-state index contributed by atoms with van der Waals surface area (Å²) >= 11 is 0. The van der Waals surface area contributed by atoms with Crippen molar-refractivity contribution in [2.45, 2.75) is 51.9 Å². The van der Waals surface area contributed by atoms with Gasteiger partial charge in [-0.25, -0.2) is 0 Å². The number of hydrogen-bond donors (Lipinski definition) is 0. The molecule has 2 rings (SSSR count). The highest BCUT2D eigenvalue weighted by molar-refractivity contribution is 5.86. The van der Waals surface area contributed by atoms with Gasteiger partial charge in [-0.2, -0.15) is 0 Å². The van der Waals surface area contributed by atoms with Gasteiger partial charge in [0.05, 0.1) is 0 Å². The first-order valence-corrected chi connectivity index (χ1v) is 7.30. The molecule has 0 bridgehead atoms. The molecule has 0 heteroatoms. The third-order valence-corrected chi connectivity index (χ3v) is 3.84. The summed E-state index contributed by atoms with van der Waals surface area (Å²) in [6, 6.07) is 15.4. The highest BCUT2D eigenvalue weighted by atomic mass is 14.1. The summed E-state index contributed by atoms with van der Waals surface area (Å²) in [7, 11) is 0. The molecule has 0 aliphatic carbocycles. The molecule has 0 aromatic heterocycles. The van der Waals surface area contributed by atoms with Crippen molar-refractivity contribution in [3.05, 3.63) is 48.0 Å². The van der Waals surface area contributed by atoms with Gasteiger partial charge in [0.2, 0.25) is 0 Å². The van der Waals surface area contributed by atoms with E-state index in [1.54, 1.807) is 0 Å². The van der Waals surface area contributed by atoms with E-state index in [1.165, 1.54) is 48.4 Å². The minimum Gasteiger partial charge on any atom is -0.0654 e. The third-order valence-electron chi connectivity index (χ3n) is 3.84. The molecule has 0 spiro atoms. The first-order chi connectivity index (χ1) is 8.83. The largest absolute Gasteiger partial charge is 0.0654 e. The summed E-state index contributed by atoms with van der Waals surface area (Å²) in [4.78, 5) is 0. The van der Waals surface area contributed by atoms with E-state index < -0.39 is 0 Å². The third kappa shape index (κ3) is 3.13. The zero-order valence-electron chi connectivity index (χ0n) is 11.7. The quantitative estimate of drug-likeness (QED) is 0.550. The molecule has 96 valence electrons. The molecule has 0 amide bonds. The predicted molar refractivity (Wildman–Crippen MR) is 81.1 cm³/mol. The van der Waals surface area contributed by atoms with Gasteiger partial charge in [0.25, 0.3) is 0 Å². The van der Waals surface area contributed by atoms with Crippen LogP contribution in [-0.4, -0.2) is 0 Å². The fourth-order valence-electron chi connectivity index (χ4n) is 2.71. The van der Waals surface area contributed by atoms with Gasteiger partial charge in [0.1, 0.15) is 0 Å². The van der Waals surface area contributed by atoms with Crippen LogP contribution in [0.4, 0.5) is 0 Å². The summed E-state index contributed by atoms with van der Waals surface area (Å²) in [5.41, 5.74) is 1.52. The standard InChI is InChI=1S/C18H24/c1-3-4-5-6-10-15(2)17-14-9-12-16-11-7-8-13-18(16)17/h7-9,11-15H,3-6,10H2,1-2H3. The highest BCUT2D eigenvalue weighted by Crippen LogP contribution is 2.28. The average Bonchev–Trinajstić information content (AvgIpc) is 2.43. The van der Waals surface area contributed by atoms with E-state index in [2.05, 4.69) is 56.3 Å². The Balaban J connectivity index is 2.10. The topological polar surface area (TPSA) is 0 Å². The zero-order valence-corrected chi connectivity index (χ0v) is 11.7. The Hall–Kier alpha value is -1.30. The van der Waals surface area contributed by atoms with E-state index in [4.69, 9.17) is 0 Å². The van der Waals surface area contributed by atoms with Crippen LogP contribution in [0.3, 0.4) is 0 Å². The van der Waals surface area contributed by atoms with Gasteiger partial charge < -0.3 is 0 Å². The van der Waals surface area contributed by atoms with Gasteiger partial charge in [0.15, 0.2) is 0 Å². The van der Waals surface area contributed by atoms with E-state index >= 15 is 0 Å². The molecule has 0 saturated heterocycles. The lowest BCUT2D eigenvalue weighted by molar-refractivity contribution is 0.582. The number of unbranched alkanes of at least 4 members (excludes halogenated alkanes) is 3. The molecule has 1 atom stereocenters. The fraction of sp³-hybridized carbons (Fsp3) is 0.444. The Morgan fingerprint density at radius 2 is 1.67 bits per heavy atom. The predicted octanol–water partition coefficient (Wildman–Crippen LogP) is 5.91. The van der Waals surface area contributed by atoms with Gasteiger partial charge in [-0.3, -0.25) is 0 Å². The van der Waals surface area contributed by atoms with Gasteiger partial charge in [0, 0.05) is 0 Å². The minimum atomic E-state index is 0.674. The highest BCUT2D eigenvalue weighted by Gasteiger charge is 2.08. The van der Waals surface area contributed by atoms with Crippen molar-refractivity contribution < 1.29 is 0 Å². The zero-order chi connectivity index (χ0) is 12.8. The van der Waals surface area contributed by atoms with E-state index in [-0.39, 0.29) is 0 Å². The van der Waals surface area contributed by atoms with Crippen LogP contribution in [0, 0.1) is 0 Å². The second kappa shape index (κ2) is 6.58. The molecule has 0 saturated carbocycles. The van der Waals surface area contributed by atoms with Gasteiger partial charge >= 0.3 is 0 Å². The first-order valence-electron chi connectivity index (χ1n) is 7.30. The van der Waals surface area contributed by atoms with Crippen LogP contribution in [0.1, 0.15) is 57.4 Å². The van der Waals surface area contributed by atoms with Crippen LogP contribution in [-0.2, 0) is 0 Å². The lowest BCUT2D eigenvalue weighted by Gasteiger charge is -2.14. The van der Waals surface area contributed by atoms with Crippen molar-refractivity contribution >= 4 is 10.8 Å². The SMILES string of the molecule is CCCCCCC(C)c1cccc2ccccc12. The summed E-state index contributed by atoms with van der Waals surface area (Å²) in [5, 5.41) is 2.80. The maximum atomic E-state index is 2.37. The van der Waals surface area contributed by atoms with Crippen LogP contribution in [0.15, 0.2) is 42.5 Å². The molecule has 0 aliphatic rings. The average molecular weight is 240 g/mol. The molecule has 0 aliphatic heterocycles. The Labute approximate surface area is 111 Å². The number of hydrogen-bond acceptors (Lipinski definition) is 0. The Morgan fingerprint density at radius 3 is 2.50 bits per heavy atom. The number of benzene rings is 2. The van der Waals surface area contributed by atoms with Crippen molar-refractivity contribution in [2.75, 3.05) is 0 Å². The second-order valence-corrected chi connectivity index (χ2v) is 5.32. The molecule has 2 aromatic rings. The molecule has 0 N–H and O–H groups in total. The first kappa shape index (κ1) is 13.1. The summed E-state index contributed by atoms with van der Waals surface area (Å²) in [5.74, 6) is 0.674. The molecule has 2 aromatic carbocycles. The van der Waals surface area contributed by atoms with Crippen molar-refractivity contribution in [2.24, 2.45) is 0 Å². The van der Waals surface area contributed by atoms with Crippen LogP contribution in [0.5, 0.6) is 0 Å². The van der Waals surface area contributed by atoms with Crippen molar-refractivity contribution in [3.8, 4) is 0 Å². The smallest absolute Gasteiger partial charge is 0.0149 e. The van der Waals surface area contributed by atoms with Crippen molar-refractivity contribution in [3.63, 3.8) is 0 Å². The van der Waals surface area contributed by atoms with Crippen LogP contribution in [0.2, 0.25) is 0 Å². The summed E-state index contributed by atoms with van der Waals surface area (Å²) in [6.45, 7) is 4.64. The van der Waals surface area contributed by atoms with Crippen LogP contribution >= 0.6 is 0 Å². The van der Waals surface area contributed by atoms with Gasteiger partial charge in [-0.05, 0) is 28.7 Å². The monoisotopic (exact) mass is 240 g/mol. The molecular formula is C18H24. The molecular weight excluding hydrogens is 216 g/mol. The van der Waals surface area contributed by atoms with Crippen LogP contribution < -0.4 is 0 Å².